The van der Waals surface area contributed by atoms with Gasteiger partial charge in [-0.2, -0.15) is 0 Å². The van der Waals surface area contributed by atoms with Crippen molar-refractivity contribution in [2.24, 2.45) is 5.92 Å². The average molecular weight is 571 g/mol. The largest absolute Gasteiger partial charge is 0.490 e. The minimum absolute atomic E-state index is 0.0228. The topological polar surface area (TPSA) is 114 Å². The second kappa shape index (κ2) is 15.0. The van der Waals surface area contributed by atoms with E-state index < -0.39 is 23.9 Å². The van der Waals surface area contributed by atoms with Crippen molar-refractivity contribution in [1.29, 1.82) is 0 Å². The van der Waals surface area contributed by atoms with Gasteiger partial charge in [0.1, 0.15) is 36.0 Å². The van der Waals surface area contributed by atoms with Crippen LogP contribution in [0.1, 0.15) is 50.3 Å². The SMILES string of the molecule is C=CC(=O)OCCOc1ccc(C(=O)Oc2ccccc2C(=O)Oc2ccc(C(=O)OCC3CC=CCC3)cc2)cc1. The quantitative estimate of drug-likeness (QED) is 0.0883. The second-order valence-corrected chi connectivity index (χ2v) is 9.29. The Morgan fingerprint density at radius 3 is 2.12 bits per heavy atom. The number of benzene rings is 3. The maximum atomic E-state index is 12.9. The van der Waals surface area contributed by atoms with E-state index >= 15 is 0 Å². The Hall–Kier alpha value is -5.18. The van der Waals surface area contributed by atoms with E-state index in [9.17, 15) is 19.2 Å². The van der Waals surface area contributed by atoms with Crippen molar-refractivity contribution < 1.29 is 42.9 Å². The summed E-state index contributed by atoms with van der Waals surface area (Å²) < 4.78 is 26.7. The number of esters is 4. The van der Waals surface area contributed by atoms with Crippen molar-refractivity contribution in [2.75, 3.05) is 19.8 Å². The summed E-state index contributed by atoms with van der Waals surface area (Å²) in [5, 5.41) is 0. The number of carbonyl (C=O) groups excluding carboxylic acids is 4. The third kappa shape index (κ3) is 8.66. The van der Waals surface area contributed by atoms with Crippen LogP contribution in [0.5, 0.6) is 17.2 Å². The highest BCUT2D eigenvalue weighted by atomic mass is 16.6. The molecule has 0 fully saturated rings. The molecule has 0 radical (unpaired) electrons. The molecule has 0 aromatic heterocycles. The molecule has 3 aromatic carbocycles. The van der Waals surface area contributed by atoms with Gasteiger partial charge in [0.15, 0.2) is 0 Å². The number of ether oxygens (including phenoxy) is 5. The van der Waals surface area contributed by atoms with Gasteiger partial charge in [0.2, 0.25) is 0 Å². The summed E-state index contributed by atoms with van der Waals surface area (Å²) in [4.78, 5) is 49.1. The number of rotatable bonds is 12. The molecule has 4 rings (SSSR count). The molecule has 1 atom stereocenters. The third-order valence-corrected chi connectivity index (χ3v) is 6.29. The lowest BCUT2D eigenvalue weighted by molar-refractivity contribution is -0.138. The minimum atomic E-state index is -0.736. The van der Waals surface area contributed by atoms with Crippen LogP contribution in [0.15, 0.2) is 97.6 Å². The molecule has 1 aliphatic carbocycles. The Kier molecular flexibility index (Phi) is 10.6. The van der Waals surface area contributed by atoms with Crippen molar-refractivity contribution in [3.8, 4) is 17.2 Å². The fourth-order valence-electron chi connectivity index (χ4n) is 4.04. The summed E-state index contributed by atoms with van der Waals surface area (Å²) >= 11 is 0. The average Bonchev–Trinajstić information content (AvgIpc) is 3.03. The molecule has 1 aliphatic rings. The Labute approximate surface area is 243 Å². The van der Waals surface area contributed by atoms with E-state index in [0.717, 1.165) is 25.3 Å². The first-order valence-electron chi connectivity index (χ1n) is 13.4. The molecule has 0 amide bonds. The smallest absolute Gasteiger partial charge is 0.347 e. The van der Waals surface area contributed by atoms with Crippen LogP contribution in [0.3, 0.4) is 0 Å². The van der Waals surface area contributed by atoms with E-state index in [1.54, 1.807) is 24.3 Å². The molecule has 0 saturated carbocycles. The van der Waals surface area contributed by atoms with Gasteiger partial charge in [0, 0.05) is 6.08 Å². The highest BCUT2D eigenvalue weighted by Gasteiger charge is 2.19. The van der Waals surface area contributed by atoms with Gasteiger partial charge in [-0.15, -0.1) is 0 Å². The van der Waals surface area contributed by atoms with Crippen molar-refractivity contribution in [3.05, 3.63) is 114 Å². The number of hydrogen-bond donors (Lipinski definition) is 0. The van der Waals surface area contributed by atoms with E-state index in [1.807, 2.05) is 0 Å². The van der Waals surface area contributed by atoms with Crippen molar-refractivity contribution in [3.63, 3.8) is 0 Å². The van der Waals surface area contributed by atoms with Gasteiger partial charge in [-0.25, -0.2) is 19.2 Å². The Morgan fingerprint density at radius 2 is 1.43 bits per heavy atom. The first-order chi connectivity index (χ1) is 20.4. The van der Waals surface area contributed by atoms with Gasteiger partial charge < -0.3 is 23.7 Å². The lowest BCUT2D eigenvalue weighted by Crippen LogP contribution is -2.15. The van der Waals surface area contributed by atoms with E-state index in [1.165, 1.54) is 48.5 Å². The Bertz CT molecular complexity index is 1440. The van der Waals surface area contributed by atoms with E-state index in [2.05, 4.69) is 18.7 Å². The molecule has 42 heavy (non-hydrogen) atoms. The molecule has 3 aromatic rings. The van der Waals surface area contributed by atoms with Crippen molar-refractivity contribution in [2.45, 2.75) is 19.3 Å². The van der Waals surface area contributed by atoms with Crippen LogP contribution in [0.25, 0.3) is 0 Å². The highest BCUT2D eigenvalue weighted by molar-refractivity contribution is 5.97. The molecule has 0 aliphatic heterocycles. The molecule has 0 bridgehead atoms. The standard InChI is InChI=1S/C33H30O9/c1-2-30(34)39-21-20-38-26-16-12-25(13-17-26)32(36)42-29-11-7-6-10-28(29)33(37)41-27-18-14-24(15-19-27)31(35)40-22-23-8-4-3-5-9-23/h2-4,6-7,10-19,23H,1,5,8-9,20-22H2. The Balaban J connectivity index is 1.30. The fourth-order valence-corrected chi connectivity index (χ4v) is 4.04. The molecule has 0 N–H and O–H groups in total. The molecule has 0 heterocycles. The van der Waals surface area contributed by atoms with Crippen LogP contribution < -0.4 is 14.2 Å². The second-order valence-electron chi connectivity index (χ2n) is 9.29. The summed E-state index contributed by atoms with van der Waals surface area (Å²) in [5.74, 6) is -1.37. The summed E-state index contributed by atoms with van der Waals surface area (Å²) in [6, 6.07) is 18.4. The maximum absolute atomic E-state index is 12.9. The van der Waals surface area contributed by atoms with E-state index in [4.69, 9.17) is 23.7 Å². The maximum Gasteiger partial charge on any atom is 0.347 e. The zero-order valence-corrected chi connectivity index (χ0v) is 22.9. The molecule has 216 valence electrons. The molecule has 1 unspecified atom stereocenters. The van der Waals surface area contributed by atoms with E-state index in [0.29, 0.717) is 23.8 Å². The molecule has 9 nitrogen and oxygen atoms in total. The summed E-state index contributed by atoms with van der Waals surface area (Å²) in [6.45, 7) is 3.86. The van der Waals surface area contributed by atoms with Gasteiger partial charge in [0.05, 0.1) is 17.7 Å². The zero-order valence-electron chi connectivity index (χ0n) is 22.9. The minimum Gasteiger partial charge on any atom is -0.490 e. The van der Waals surface area contributed by atoms with Crippen LogP contribution in [0.4, 0.5) is 0 Å². The van der Waals surface area contributed by atoms with Crippen LogP contribution >= 0.6 is 0 Å². The normalized spacial score (nSPS) is 13.9. The van der Waals surface area contributed by atoms with Crippen LogP contribution in [0, 0.1) is 5.92 Å². The first kappa shape index (κ1) is 29.8. The van der Waals surface area contributed by atoms with Gasteiger partial charge in [-0.3, -0.25) is 0 Å². The summed E-state index contributed by atoms with van der Waals surface area (Å²) in [6.07, 6.45) is 8.19. The summed E-state index contributed by atoms with van der Waals surface area (Å²) in [5.41, 5.74) is 0.624. The molecular formula is C33H30O9. The zero-order chi connectivity index (χ0) is 29.7. The van der Waals surface area contributed by atoms with Gasteiger partial charge >= 0.3 is 23.9 Å². The van der Waals surface area contributed by atoms with Gasteiger partial charge in [-0.1, -0.05) is 30.9 Å². The van der Waals surface area contributed by atoms with Crippen LogP contribution in [0.2, 0.25) is 0 Å². The first-order valence-corrected chi connectivity index (χ1v) is 13.4. The summed E-state index contributed by atoms with van der Waals surface area (Å²) in [7, 11) is 0. The van der Waals surface area contributed by atoms with E-state index in [-0.39, 0.29) is 35.8 Å². The fraction of sp³-hybridized carbons (Fsp3) is 0.212. The number of carbonyl (C=O) groups is 4. The monoisotopic (exact) mass is 570 g/mol. The van der Waals surface area contributed by atoms with Crippen molar-refractivity contribution in [1.82, 2.24) is 0 Å². The Morgan fingerprint density at radius 1 is 0.738 bits per heavy atom. The molecule has 0 saturated heterocycles. The number of para-hydroxylation sites is 1. The molecule has 9 heteroatoms. The van der Waals surface area contributed by atoms with Crippen molar-refractivity contribution >= 4 is 23.9 Å². The van der Waals surface area contributed by atoms with Crippen LogP contribution in [-0.2, 0) is 14.3 Å². The number of allylic oxidation sites excluding steroid dienone is 2. The lowest BCUT2D eigenvalue weighted by atomic mass is 9.95. The highest BCUT2D eigenvalue weighted by Crippen LogP contribution is 2.24. The third-order valence-electron chi connectivity index (χ3n) is 6.29. The van der Waals surface area contributed by atoms with Gasteiger partial charge in [-0.05, 0) is 85.8 Å². The molecule has 0 spiro atoms. The lowest BCUT2D eigenvalue weighted by Gasteiger charge is -2.17. The molecular weight excluding hydrogens is 540 g/mol. The predicted octanol–water partition coefficient (Wildman–Crippen LogP) is 5.75. The van der Waals surface area contributed by atoms with Gasteiger partial charge in [0.25, 0.3) is 0 Å². The number of hydrogen-bond acceptors (Lipinski definition) is 9. The predicted molar refractivity (Wildman–Crippen MR) is 153 cm³/mol. The van der Waals surface area contributed by atoms with Crippen LogP contribution in [-0.4, -0.2) is 43.7 Å².